The van der Waals surface area contributed by atoms with Crippen molar-refractivity contribution in [2.24, 2.45) is 17.6 Å². The number of nitrogens with two attached hydrogens (primary N) is 1. The molecule has 0 amide bonds. The SMILES string of the molecule is CCC(C)CN(CC)CC1CCCCCC1N. The Kier molecular flexibility index (Phi) is 7.14. The molecule has 17 heavy (non-hydrogen) atoms. The average molecular weight is 240 g/mol. The van der Waals surface area contributed by atoms with Crippen LogP contribution in [-0.4, -0.2) is 30.6 Å². The highest BCUT2D eigenvalue weighted by Crippen LogP contribution is 2.23. The second-order valence-electron chi connectivity index (χ2n) is 5.93. The molecule has 0 bridgehead atoms. The van der Waals surface area contributed by atoms with E-state index in [1.54, 1.807) is 0 Å². The summed E-state index contributed by atoms with van der Waals surface area (Å²) in [6.07, 6.45) is 7.99. The predicted molar refractivity (Wildman–Crippen MR) is 76.1 cm³/mol. The number of nitrogens with zero attached hydrogens (tertiary/aromatic N) is 1. The van der Waals surface area contributed by atoms with Gasteiger partial charge in [-0.3, -0.25) is 0 Å². The molecule has 1 aliphatic rings. The Balaban J connectivity index is 2.41. The average Bonchev–Trinajstić information content (AvgIpc) is 2.53. The number of hydrogen-bond acceptors (Lipinski definition) is 2. The van der Waals surface area contributed by atoms with Gasteiger partial charge < -0.3 is 10.6 Å². The highest BCUT2D eigenvalue weighted by molar-refractivity contribution is 4.79. The van der Waals surface area contributed by atoms with Crippen molar-refractivity contribution in [3.8, 4) is 0 Å². The zero-order chi connectivity index (χ0) is 12.7. The van der Waals surface area contributed by atoms with Gasteiger partial charge in [-0.25, -0.2) is 0 Å². The van der Waals surface area contributed by atoms with E-state index in [0.717, 1.165) is 11.8 Å². The lowest BCUT2D eigenvalue weighted by atomic mass is 9.94. The summed E-state index contributed by atoms with van der Waals surface area (Å²) in [5, 5.41) is 0. The smallest absolute Gasteiger partial charge is 0.00793 e. The topological polar surface area (TPSA) is 29.3 Å². The molecule has 3 atom stereocenters. The van der Waals surface area contributed by atoms with Crippen molar-refractivity contribution in [1.82, 2.24) is 4.90 Å². The van der Waals surface area contributed by atoms with E-state index in [0.29, 0.717) is 6.04 Å². The van der Waals surface area contributed by atoms with Crippen molar-refractivity contribution in [2.45, 2.75) is 65.3 Å². The first-order chi connectivity index (χ1) is 8.17. The van der Waals surface area contributed by atoms with E-state index in [1.165, 1.54) is 58.2 Å². The fourth-order valence-electron chi connectivity index (χ4n) is 2.87. The minimum atomic E-state index is 0.448. The standard InChI is InChI=1S/C15H32N2/c1-4-13(3)11-17(5-2)12-14-9-7-6-8-10-15(14)16/h13-15H,4-12,16H2,1-3H3. The normalized spacial score (nSPS) is 28.1. The number of rotatable bonds is 6. The molecule has 2 nitrogen and oxygen atoms in total. The van der Waals surface area contributed by atoms with E-state index in [9.17, 15) is 0 Å². The second kappa shape index (κ2) is 8.10. The van der Waals surface area contributed by atoms with E-state index >= 15 is 0 Å². The van der Waals surface area contributed by atoms with Gasteiger partial charge in [-0.1, -0.05) is 46.5 Å². The molecule has 1 saturated carbocycles. The summed E-state index contributed by atoms with van der Waals surface area (Å²) in [4.78, 5) is 2.62. The van der Waals surface area contributed by atoms with Gasteiger partial charge >= 0.3 is 0 Å². The summed E-state index contributed by atoms with van der Waals surface area (Å²) in [6, 6.07) is 0.448. The Morgan fingerprint density at radius 3 is 2.53 bits per heavy atom. The molecule has 0 aromatic carbocycles. The van der Waals surface area contributed by atoms with E-state index < -0.39 is 0 Å². The van der Waals surface area contributed by atoms with Gasteiger partial charge in [0.2, 0.25) is 0 Å². The van der Waals surface area contributed by atoms with Crippen molar-refractivity contribution in [3.05, 3.63) is 0 Å². The minimum Gasteiger partial charge on any atom is -0.327 e. The molecule has 0 aromatic rings. The molecular weight excluding hydrogens is 208 g/mol. The van der Waals surface area contributed by atoms with Crippen LogP contribution in [0.15, 0.2) is 0 Å². The van der Waals surface area contributed by atoms with Gasteiger partial charge in [0.05, 0.1) is 0 Å². The first kappa shape index (κ1) is 15.0. The van der Waals surface area contributed by atoms with Crippen molar-refractivity contribution in [2.75, 3.05) is 19.6 Å². The lowest BCUT2D eigenvalue weighted by molar-refractivity contribution is 0.190. The lowest BCUT2D eigenvalue weighted by Gasteiger charge is -2.30. The largest absolute Gasteiger partial charge is 0.327 e. The van der Waals surface area contributed by atoms with Gasteiger partial charge in [-0.2, -0.15) is 0 Å². The zero-order valence-corrected chi connectivity index (χ0v) is 12.1. The van der Waals surface area contributed by atoms with E-state index in [-0.39, 0.29) is 0 Å². The third-order valence-electron chi connectivity index (χ3n) is 4.42. The molecule has 0 aliphatic heterocycles. The molecule has 2 N–H and O–H groups in total. The van der Waals surface area contributed by atoms with Crippen LogP contribution < -0.4 is 5.73 Å². The third kappa shape index (κ3) is 5.39. The van der Waals surface area contributed by atoms with E-state index in [1.807, 2.05) is 0 Å². The van der Waals surface area contributed by atoms with Crippen LogP contribution in [0.1, 0.15) is 59.3 Å². The van der Waals surface area contributed by atoms with Crippen molar-refractivity contribution in [3.63, 3.8) is 0 Å². The van der Waals surface area contributed by atoms with E-state index in [4.69, 9.17) is 5.73 Å². The summed E-state index contributed by atoms with van der Waals surface area (Å²) >= 11 is 0. The Hall–Kier alpha value is -0.0800. The van der Waals surface area contributed by atoms with Crippen LogP contribution in [0.4, 0.5) is 0 Å². The fraction of sp³-hybridized carbons (Fsp3) is 1.00. The van der Waals surface area contributed by atoms with Crippen LogP contribution in [0.25, 0.3) is 0 Å². The quantitative estimate of drug-likeness (QED) is 0.722. The highest BCUT2D eigenvalue weighted by Gasteiger charge is 2.22. The van der Waals surface area contributed by atoms with Crippen LogP contribution in [0.2, 0.25) is 0 Å². The molecule has 1 fully saturated rings. The zero-order valence-electron chi connectivity index (χ0n) is 12.1. The summed E-state index contributed by atoms with van der Waals surface area (Å²) in [7, 11) is 0. The van der Waals surface area contributed by atoms with Crippen LogP contribution >= 0.6 is 0 Å². The molecule has 0 radical (unpaired) electrons. The van der Waals surface area contributed by atoms with Gasteiger partial charge in [0, 0.05) is 19.1 Å². The molecule has 102 valence electrons. The minimum absolute atomic E-state index is 0.448. The van der Waals surface area contributed by atoms with Crippen molar-refractivity contribution >= 4 is 0 Å². The maximum Gasteiger partial charge on any atom is 0.00793 e. The molecule has 0 spiro atoms. The molecule has 0 heterocycles. The summed E-state index contributed by atoms with van der Waals surface area (Å²) in [5.41, 5.74) is 6.32. The molecule has 1 aliphatic carbocycles. The van der Waals surface area contributed by atoms with Crippen LogP contribution in [0, 0.1) is 11.8 Å². The molecular formula is C15H32N2. The first-order valence-electron chi connectivity index (χ1n) is 7.65. The van der Waals surface area contributed by atoms with Crippen LogP contribution in [0.3, 0.4) is 0 Å². The molecule has 3 unspecified atom stereocenters. The summed E-state index contributed by atoms with van der Waals surface area (Å²) in [5.74, 6) is 1.55. The summed E-state index contributed by atoms with van der Waals surface area (Å²) in [6.45, 7) is 10.6. The Morgan fingerprint density at radius 1 is 1.18 bits per heavy atom. The lowest BCUT2D eigenvalue weighted by Crippen LogP contribution is -2.40. The Morgan fingerprint density at radius 2 is 1.88 bits per heavy atom. The monoisotopic (exact) mass is 240 g/mol. The van der Waals surface area contributed by atoms with Gasteiger partial charge in [0.25, 0.3) is 0 Å². The summed E-state index contributed by atoms with van der Waals surface area (Å²) < 4.78 is 0. The van der Waals surface area contributed by atoms with E-state index in [2.05, 4.69) is 25.7 Å². The predicted octanol–water partition coefficient (Wildman–Crippen LogP) is 3.26. The van der Waals surface area contributed by atoms with Gasteiger partial charge in [0.1, 0.15) is 0 Å². The van der Waals surface area contributed by atoms with Crippen molar-refractivity contribution < 1.29 is 0 Å². The van der Waals surface area contributed by atoms with Crippen LogP contribution in [0.5, 0.6) is 0 Å². The third-order valence-corrected chi connectivity index (χ3v) is 4.42. The second-order valence-corrected chi connectivity index (χ2v) is 5.93. The molecule has 0 saturated heterocycles. The van der Waals surface area contributed by atoms with Gasteiger partial charge in [-0.05, 0) is 31.2 Å². The number of hydrogen-bond donors (Lipinski definition) is 1. The van der Waals surface area contributed by atoms with Crippen molar-refractivity contribution in [1.29, 1.82) is 0 Å². The maximum atomic E-state index is 6.32. The molecule has 2 heteroatoms. The fourth-order valence-corrected chi connectivity index (χ4v) is 2.87. The first-order valence-corrected chi connectivity index (χ1v) is 7.65. The van der Waals surface area contributed by atoms with Gasteiger partial charge in [0.15, 0.2) is 0 Å². The molecule has 1 rings (SSSR count). The molecule has 0 aromatic heterocycles. The maximum absolute atomic E-state index is 6.32. The Bertz CT molecular complexity index is 193. The Labute approximate surface area is 108 Å². The van der Waals surface area contributed by atoms with Gasteiger partial charge in [-0.15, -0.1) is 0 Å². The van der Waals surface area contributed by atoms with Crippen LogP contribution in [-0.2, 0) is 0 Å². The highest BCUT2D eigenvalue weighted by atomic mass is 15.1.